The predicted octanol–water partition coefficient (Wildman–Crippen LogP) is 1.79. The molecule has 1 aromatic rings. The molecule has 1 N–H and O–H groups in total. The molecule has 24 heavy (non-hydrogen) atoms. The van der Waals surface area contributed by atoms with Gasteiger partial charge in [0.1, 0.15) is 0 Å². The minimum absolute atomic E-state index is 0.140. The number of methoxy groups -OCH3 is 2. The summed E-state index contributed by atoms with van der Waals surface area (Å²) in [5.74, 6) is 0.0272. The van der Waals surface area contributed by atoms with Crippen LogP contribution in [0.1, 0.15) is 30.6 Å². The van der Waals surface area contributed by atoms with Crippen LogP contribution in [-0.2, 0) is 14.3 Å². The van der Waals surface area contributed by atoms with Crippen molar-refractivity contribution in [3.05, 3.63) is 23.8 Å². The zero-order valence-electron chi connectivity index (χ0n) is 14.6. The molecule has 0 saturated heterocycles. The van der Waals surface area contributed by atoms with Crippen molar-refractivity contribution in [3.8, 4) is 11.5 Å². The van der Waals surface area contributed by atoms with Gasteiger partial charge in [-0.1, -0.05) is 0 Å². The number of esters is 1. The van der Waals surface area contributed by atoms with E-state index in [4.69, 9.17) is 14.2 Å². The fourth-order valence-corrected chi connectivity index (χ4v) is 1.84. The van der Waals surface area contributed by atoms with E-state index in [2.05, 4.69) is 10.1 Å². The fraction of sp³-hybridized carbons (Fsp3) is 0.529. The number of benzene rings is 1. The van der Waals surface area contributed by atoms with Crippen molar-refractivity contribution < 1.29 is 28.5 Å². The molecule has 0 aromatic heterocycles. The highest BCUT2D eigenvalue weighted by Crippen LogP contribution is 2.28. The Balaban J connectivity index is 2.43. The van der Waals surface area contributed by atoms with Crippen LogP contribution in [0.25, 0.3) is 0 Å². The number of hydrogen-bond acceptors (Lipinski definition) is 6. The smallest absolute Gasteiger partial charge is 0.337 e. The van der Waals surface area contributed by atoms with Crippen LogP contribution >= 0.6 is 0 Å². The summed E-state index contributed by atoms with van der Waals surface area (Å²) in [6.45, 7) is 4.91. The van der Waals surface area contributed by atoms with Gasteiger partial charge in [-0.05, 0) is 38.5 Å². The van der Waals surface area contributed by atoms with Gasteiger partial charge in [-0.25, -0.2) is 4.79 Å². The van der Waals surface area contributed by atoms with E-state index >= 15 is 0 Å². The Morgan fingerprint density at radius 2 is 1.92 bits per heavy atom. The number of carbonyl (C=O) groups is 2. The maximum atomic E-state index is 11.7. The van der Waals surface area contributed by atoms with Crippen LogP contribution in [0.2, 0.25) is 0 Å². The van der Waals surface area contributed by atoms with Crippen molar-refractivity contribution >= 4 is 11.9 Å². The van der Waals surface area contributed by atoms with Crippen molar-refractivity contribution in [3.63, 3.8) is 0 Å². The topological polar surface area (TPSA) is 83.1 Å². The van der Waals surface area contributed by atoms with Crippen LogP contribution in [0.3, 0.4) is 0 Å². The van der Waals surface area contributed by atoms with Crippen LogP contribution in [-0.4, -0.2) is 52.0 Å². The summed E-state index contributed by atoms with van der Waals surface area (Å²) in [4.78, 5) is 23.2. The molecule has 1 amide bonds. The molecule has 0 aliphatic rings. The quantitative estimate of drug-likeness (QED) is 0.517. The van der Waals surface area contributed by atoms with Crippen molar-refractivity contribution in [2.24, 2.45) is 0 Å². The van der Waals surface area contributed by atoms with E-state index in [9.17, 15) is 9.59 Å². The lowest BCUT2D eigenvalue weighted by Gasteiger charge is -2.12. The predicted molar refractivity (Wildman–Crippen MR) is 88.5 cm³/mol. The zero-order valence-corrected chi connectivity index (χ0v) is 14.6. The van der Waals surface area contributed by atoms with Crippen molar-refractivity contribution in [1.82, 2.24) is 5.32 Å². The Labute approximate surface area is 142 Å². The van der Waals surface area contributed by atoms with Gasteiger partial charge in [0.15, 0.2) is 18.1 Å². The second kappa shape index (κ2) is 10.5. The largest absolute Gasteiger partial charge is 0.493 e. The van der Waals surface area contributed by atoms with E-state index in [1.54, 1.807) is 12.1 Å². The first-order valence-electron chi connectivity index (χ1n) is 7.75. The first-order chi connectivity index (χ1) is 11.5. The SMILES string of the molecule is COC(=O)c1ccc(OCC(=O)NCCCOC(C)C)c(OC)c1. The summed E-state index contributed by atoms with van der Waals surface area (Å²) in [7, 11) is 2.76. The minimum Gasteiger partial charge on any atom is -0.493 e. The number of nitrogens with one attached hydrogen (secondary N) is 1. The molecule has 0 aliphatic heterocycles. The molecule has 134 valence electrons. The van der Waals surface area contributed by atoms with Gasteiger partial charge in [-0.2, -0.15) is 0 Å². The standard InChI is InChI=1S/C17H25NO6/c1-12(2)23-9-5-8-18-16(19)11-24-14-7-6-13(17(20)22-4)10-15(14)21-3/h6-7,10,12H,5,8-9,11H2,1-4H3,(H,18,19). The summed E-state index contributed by atoms with van der Waals surface area (Å²) in [5, 5.41) is 2.74. The molecular weight excluding hydrogens is 314 g/mol. The lowest BCUT2D eigenvalue weighted by molar-refractivity contribution is -0.123. The highest BCUT2D eigenvalue weighted by Gasteiger charge is 2.12. The summed E-state index contributed by atoms with van der Waals surface area (Å²) in [6, 6.07) is 4.61. The molecule has 0 radical (unpaired) electrons. The lowest BCUT2D eigenvalue weighted by atomic mass is 10.2. The molecule has 0 saturated carbocycles. The molecule has 0 spiro atoms. The second-order valence-corrected chi connectivity index (χ2v) is 5.27. The number of amides is 1. The van der Waals surface area contributed by atoms with Gasteiger partial charge in [0, 0.05) is 13.2 Å². The molecule has 1 aromatic carbocycles. The van der Waals surface area contributed by atoms with E-state index in [0.29, 0.717) is 30.2 Å². The number of carbonyl (C=O) groups excluding carboxylic acids is 2. The Bertz CT molecular complexity index is 544. The van der Waals surface area contributed by atoms with Crippen LogP contribution < -0.4 is 14.8 Å². The summed E-state index contributed by atoms with van der Waals surface area (Å²) in [6.07, 6.45) is 0.922. The fourth-order valence-electron chi connectivity index (χ4n) is 1.84. The van der Waals surface area contributed by atoms with Crippen LogP contribution in [0.15, 0.2) is 18.2 Å². The molecule has 0 bridgehead atoms. The average Bonchev–Trinajstić information content (AvgIpc) is 2.58. The van der Waals surface area contributed by atoms with Gasteiger partial charge >= 0.3 is 5.97 Å². The summed E-state index contributed by atoms with van der Waals surface area (Å²) < 4.78 is 20.6. The maximum absolute atomic E-state index is 11.7. The third kappa shape index (κ3) is 6.87. The first kappa shape index (κ1) is 19.8. The van der Waals surface area contributed by atoms with Gasteiger partial charge in [-0.15, -0.1) is 0 Å². The van der Waals surface area contributed by atoms with Crippen molar-refractivity contribution in [2.75, 3.05) is 34.0 Å². The number of hydrogen-bond donors (Lipinski definition) is 1. The second-order valence-electron chi connectivity index (χ2n) is 5.27. The van der Waals surface area contributed by atoms with E-state index in [-0.39, 0.29) is 18.6 Å². The van der Waals surface area contributed by atoms with E-state index in [0.717, 1.165) is 6.42 Å². The number of ether oxygens (including phenoxy) is 4. The van der Waals surface area contributed by atoms with Crippen LogP contribution in [0.5, 0.6) is 11.5 Å². The molecule has 0 aliphatic carbocycles. The first-order valence-corrected chi connectivity index (χ1v) is 7.75. The Morgan fingerprint density at radius 3 is 2.54 bits per heavy atom. The molecule has 0 fully saturated rings. The summed E-state index contributed by atoms with van der Waals surface area (Å²) >= 11 is 0. The molecule has 0 atom stereocenters. The number of rotatable bonds is 10. The normalized spacial score (nSPS) is 10.4. The van der Waals surface area contributed by atoms with Gasteiger partial charge in [-0.3, -0.25) is 4.79 Å². The third-order valence-corrected chi connectivity index (χ3v) is 3.04. The molecule has 7 nitrogen and oxygen atoms in total. The Kier molecular flexibility index (Phi) is 8.64. The molecular formula is C17H25NO6. The maximum Gasteiger partial charge on any atom is 0.337 e. The molecule has 0 heterocycles. The highest BCUT2D eigenvalue weighted by molar-refractivity contribution is 5.90. The lowest BCUT2D eigenvalue weighted by Crippen LogP contribution is -2.30. The minimum atomic E-state index is -0.471. The molecule has 1 rings (SSSR count). The van der Waals surface area contributed by atoms with Crippen LogP contribution in [0, 0.1) is 0 Å². The van der Waals surface area contributed by atoms with Gasteiger partial charge in [0.05, 0.1) is 25.9 Å². The van der Waals surface area contributed by atoms with E-state index in [1.807, 2.05) is 13.8 Å². The Morgan fingerprint density at radius 1 is 1.17 bits per heavy atom. The zero-order chi connectivity index (χ0) is 17.9. The van der Waals surface area contributed by atoms with Gasteiger partial charge in [0.25, 0.3) is 5.91 Å². The third-order valence-electron chi connectivity index (χ3n) is 3.04. The van der Waals surface area contributed by atoms with E-state index in [1.165, 1.54) is 20.3 Å². The van der Waals surface area contributed by atoms with Crippen molar-refractivity contribution in [2.45, 2.75) is 26.4 Å². The average molecular weight is 339 g/mol. The molecule has 0 unspecified atom stereocenters. The molecule has 7 heteroatoms. The highest BCUT2D eigenvalue weighted by atomic mass is 16.5. The van der Waals surface area contributed by atoms with Gasteiger partial charge < -0.3 is 24.3 Å². The summed E-state index contributed by atoms with van der Waals surface area (Å²) in [5.41, 5.74) is 0.344. The monoisotopic (exact) mass is 339 g/mol. The van der Waals surface area contributed by atoms with Crippen LogP contribution in [0.4, 0.5) is 0 Å². The Hall–Kier alpha value is -2.28. The van der Waals surface area contributed by atoms with E-state index < -0.39 is 5.97 Å². The van der Waals surface area contributed by atoms with Crippen molar-refractivity contribution in [1.29, 1.82) is 0 Å². The van der Waals surface area contributed by atoms with Gasteiger partial charge in [0.2, 0.25) is 0 Å².